The molecule has 1 rings (SSSR count). The van der Waals surface area contributed by atoms with Crippen molar-refractivity contribution in [1.29, 1.82) is 0 Å². The molecule has 0 aliphatic rings. The van der Waals surface area contributed by atoms with Gasteiger partial charge in [0.15, 0.2) is 11.5 Å². The van der Waals surface area contributed by atoms with Crippen LogP contribution in [0.15, 0.2) is 18.2 Å². The molecule has 0 bridgehead atoms. The Kier molecular flexibility index (Phi) is 3.58. The number of hydrogen-bond acceptors (Lipinski definition) is 3. The molecule has 0 aromatic heterocycles. The summed E-state index contributed by atoms with van der Waals surface area (Å²) in [6.07, 6.45) is -5.04. The molecular formula is C8H3ClF4O3. The Morgan fingerprint density at radius 1 is 1.25 bits per heavy atom. The summed E-state index contributed by atoms with van der Waals surface area (Å²) in [7, 11) is 0. The molecule has 0 spiro atoms. The van der Waals surface area contributed by atoms with Crippen LogP contribution in [0, 0.1) is 5.82 Å². The van der Waals surface area contributed by atoms with Crippen LogP contribution in [0.2, 0.25) is 0 Å². The Labute approximate surface area is 91.5 Å². The van der Waals surface area contributed by atoms with Crippen LogP contribution in [0.4, 0.5) is 22.4 Å². The van der Waals surface area contributed by atoms with E-state index in [1.807, 2.05) is 0 Å². The van der Waals surface area contributed by atoms with Crippen LogP contribution in [0.3, 0.4) is 0 Å². The molecule has 0 atom stereocenters. The smallest absolute Gasteiger partial charge is 0.411 e. The molecule has 16 heavy (non-hydrogen) atoms. The van der Waals surface area contributed by atoms with Crippen molar-refractivity contribution in [2.45, 2.75) is 6.36 Å². The van der Waals surface area contributed by atoms with E-state index in [1.165, 1.54) is 0 Å². The van der Waals surface area contributed by atoms with Gasteiger partial charge in [0.25, 0.3) is 0 Å². The maximum absolute atomic E-state index is 13.2. The number of rotatable bonds is 2. The van der Waals surface area contributed by atoms with Gasteiger partial charge in [0.2, 0.25) is 5.82 Å². The number of carbonyl (C=O) groups is 1. The van der Waals surface area contributed by atoms with Gasteiger partial charge in [-0.15, -0.1) is 13.2 Å². The van der Waals surface area contributed by atoms with Crippen molar-refractivity contribution in [1.82, 2.24) is 0 Å². The summed E-state index contributed by atoms with van der Waals surface area (Å²) in [4.78, 5) is 10.3. The van der Waals surface area contributed by atoms with Crippen molar-refractivity contribution in [3.63, 3.8) is 0 Å². The van der Waals surface area contributed by atoms with Crippen LogP contribution < -0.4 is 9.47 Å². The quantitative estimate of drug-likeness (QED) is 0.602. The topological polar surface area (TPSA) is 35.5 Å². The summed E-state index contributed by atoms with van der Waals surface area (Å²) in [6.45, 7) is 0. The molecule has 0 N–H and O–H groups in total. The number of hydrogen-bond donors (Lipinski definition) is 0. The van der Waals surface area contributed by atoms with Crippen LogP contribution >= 0.6 is 11.6 Å². The molecule has 0 saturated carbocycles. The molecule has 0 amide bonds. The number of benzene rings is 1. The highest BCUT2D eigenvalue weighted by atomic mass is 35.5. The van der Waals surface area contributed by atoms with Crippen molar-refractivity contribution in [2.75, 3.05) is 0 Å². The minimum Gasteiger partial charge on any atom is -0.411 e. The average Bonchev–Trinajstić information content (AvgIpc) is 2.09. The van der Waals surface area contributed by atoms with E-state index in [4.69, 9.17) is 11.6 Å². The zero-order valence-corrected chi connectivity index (χ0v) is 8.10. The second kappa shape index (κ2) is 4.56. The van der Waals surface area contributed by atoms with Crippen molar-refractivity contribution >= 4 is 17.0 Å². The van der Waals surface area contributed by atoms with Gasteiger partial charge < -0.3 is 9.47 Å². The molecule has 8 heteroatoms. The van der Waals surface area contributed by atoms with Gasteiger partial charge in [-0.25, -0.2) is 4.79 Å². The molecule has 88 valence electrons. The van der Waals surface area contributed by atoms with E-state index in [1.54, 1.807) is 0 Å². The van der Waals surface area contributed by atoms with Gasteiger partial charge in [-0.2, -0.15) is 4.39 Å². The first-order valence-electron chi connectivity index (χ1n) is 3.71. The van der Waals surface area contributed by atoms with E-state index in [9.17, 15) is 22.4 Å². The van der Waals surface area contributed by atoms with Gasteiger partial charge in [0, 0.05) is 11.6 Å². The van der Waals surface area contributed by atoms with Gasteiger partial charge in [0.05, 0.1) is 0 Å². The molecule has 0 unspecified atom stereocenters. The zero-order valence-electron chi connectivity index (χ0n) is 7.35. The lowest BCUT2D eigenvalue weighted by Crippen LogP contribution is -2.18. The maximum Gasteiger partial charge on any atom is 0.573 e. The monoisotopic (exact) mass is 258 g/mol. The molecule has 0 aliphatic heterocycles. The van der Waals surface area contributed by atoms with Crippen molar-refractivity contribution in [3.05, 3.63) is 24.0 Å². The number of halogens is 5. The predicted molar refractivity (Wildman–Crippen MR) is 45.0 cm³/mol. The van der Waals surface area contributed by atoms with Crippen molar-refractivity contribution in [3.8, 4) is 11.5 Å². The third-order valence-electron chi connectivity index (χ3n) is 1.34. The van der Waals surface area contributed by atoms with Gasteiger partial charge in [0.1, 0.15) is 0 Å². The van der Waals surface area contributed by atoms with E-state index in [2.05, 4.69) is 9.47 Å². The van der Waals surface area contributed by atoms with Crippen LogP contribution in [0.25, 0.3) is 0 Å². The average molecular weight is 259 g/mol. The molecule has 0 radical (unpaired) electrons. The Bertz CT molecular complexity index is 405. The van der Waals surface area contributed by atoms with Crippen LogP contribution in [0.5, 0.6) is 11.5 Å². The molecule has 0 saturated heterocycles. The van der Waals surface area contributed by atoms with Gasteiger partial charge >= 0.3 is 11.8 Å². The molecule has 1 aromatic carbocycles. The standard InChI is InChI=1S/C8H3ClF4O3/c9-7(14)15-4-2-1-3-5(6(4)10)16-8(11,12)13/h1-3H. The minimum absolute atomic E-state index is 0.731. The Morgan fingerprint density at radius 2 is 1.81 bits per heavy atom. The second-order valence-corrected chi connectivity index (χ2v) is 2.76. The first-order valence-corrected chi connectivity index (χ1v) is 4.09. The lowest BCUT2D eigenvalue weighted by atomic mass is 10.3. The molecule has 3 nitrogen and oxygen atoms in total. The molecule has 0 aliphatic carbocycles. The van der Waals surface area contributed by atoms with Crippen molar-refractivity contribution in [2.24, 2.45) is 0 Å². The summed E-state index contributed by atoms with van der Waals surface area (Å²) in [5.74, 6) is -3.32. The Balaban J connectivity index is 2.99. The largest absolute Gasteiger partial charge is 0.573 e. The summed E-state index contributed by atoms with van der Waals surface area (Å²) in [6, 6.07) is 2.67. The molecule has 0 heterocycles. The van der Waals surface area contributed by atoms with Crippen molar-refractivity contribution < 1.29 is 31.8 Å². The minimum atomic E-state index is -5.04. The number of carbonyl (C=O) groups excluding carboxylic acids is 1. The first-order chi connectivity index (χ1) is 7.29. The summed E-state index contributed by atoms with van der Waals surface area (Å²) in [5, 5.41) is 0. The maximum atomic E-state index is 13.2. The fourth-order valence-electron chi connectivity index (χ4n) is 0.859. The van der Waals surface area contributed by atoms with E-state index in [-0.39, 0.29) is 0 Å². The highest BCUT2D eigenvalue weighted by molar-refractivity contribution is 6.61. The summed E-state index contributed by atoms with van der Waals surface area (Å²) in [5.41, 5.74) is -1.37. The number of ether oxygens (including phenoxy) is 2. The van der Waals surface area contributed by atoms with E-state index < -0.39 is 29.1 Å². The molecule has 0 fully saturated rings. The normalized spacial score (nSPS) is 11.1. The Hall–Kier alpha value is -1.50. The summed E-state index contributed by atoms with van der Waals surface area (Å²) >= 11 is 4.78. The highest BCUT2D eigenvalue weighted by Crippen LogP contribution is 2.30. The SMILES string of the molecule is O=C(Cl)Oc1cccc(OC(F)(F)F)c1F. The van der Waals surface area contributed by atoms with Crippen LogP contribution in [-0.2, 0) is 0 Å². The third-order valence-corrected chi connectivity index (χ3v) is 1.42. The van der Waals surface area contributed by atoms with Crippen LogP contribution in [0.1, 0.15) is 0 Å². The van der Waals surface area contributed by atoms with E-state index in [0.717, 1.165) is 18.2 Å². The highest BCUT2D eigenvalue weighted by Gasteiger charge is 2.33. The van der Waals surface area contributed by atoms with Gasteiger partial charge in [-0.05, 0) is 12.1 Å². The second-order valence-electron chi connectivity index (χ2n) is 2.46. The fraction of sp³-hybridized carbons (Fsp3) is 0.125. The lowest BCUT2D eigenvalue weighted by molar-refractivity contribution is -0.275. The fourth-order valence-corrected chi connectivity index (χ4v) is 0.943. The number of alkyl halides is 3. The van der Waals surface area contributed by atoms with Gasteiger partial charge in [-0.1, -0.05) is 6.07 Å². The van der Waals surface area contributed by atoms with E-state index in [0.29, 0.717) is 0 Å². The molecular weight excluding hydrogens is 256 g/mol. The third kappa shape index (κ3) is 3.58. The predicted octanol–water partition coefficient (Wildman–Crippen LogP) is 3.46. The zero-order chi connectivity index (χ0) is 12.3. The summed E-state index contributed by atoms with van der Waals surface area (Å²) < 4.78 is 56.0. The molecule has 1 aromatic rings. The lowest BCUT2D eigenvalue weighted by Gasteiger charge is -2.10. The first kappa shape index (κ1) is 12.6. The van der Waals surface area contributed by atoms with Crippen LogP contribution in [-0.4, -0.2) is 11.8 Å². The Morgan fingerprint density at radius 3 is 2.31 bits per heavy atom. The van der Waals surface area contributed by atoms with E-state index >= 15 is 0 Å². The van der Waals surface area contributed by atoms with Gasteiger partial charge in [-0.3, -0.25) is 0 Å².